The molecule has 0 fully saturated rings. The van der Waals surface area contributed by atoms with E-state index in [0.29, 0.717) is 12.4 Å². The van der Waals surface area contributed by atoms with Crippen molar-refractivity contribution in [1.82, 2.24) is 4.98 Å². The number of pyridine rings is 1. The van der Waals surface area contributed by atoms with Gasteiger partial charge in [-0.2, -0.15) is 0 Å². The van der Waals surface area contributed by atoms with Crippen molar-refractivity contribution in [3.8, 4) is 0 Å². The van der Waals surface area contributed by atoms with Gasteiger partial charge in [0, 0.05) is 4.47 Å². The average Bonchev–Trinajstić information content (AvgIpc) is 3.07. The predicted octanol–water partition coefficient (Wildman–Crippen LogP) is 6.25. The van der Waals surface area contributed by atoms with Crippen LogP contribution in [0.2, 0.25) is 0 Å². The molecule has 1 heterocycles. The maximum atomic E-state index is 5.51. The lowest BCUT2D eigenvalue weighted by atomic mass is 9.96. The number of allylic oxidation sites excluding steroid dienone is 2. The number of nitrogens with zero attached hydrogens (tertiary/aromatic N) is 1. The average molecular weight is 384 g/mol. The number of hydrogen-bond acceptors (Lipinski definition) is 2. The molecule has 0 atom stereocenters. The third-order valence-corrected chi connectivity index (χ3v) is 4.90. The van der Waals surface area contributed by atoms with E-state index in [9.17, 15) is 0 Å². The molecule has 124 valence electrons. The lowest BCUT2D eigenvalue weighted by Gasteiger charge is -2.13. The molecule has 0 N–H and O–H groups in total. The molecule has 2 nitrogen and oxygen atoms in total. The van der Waals surface area contributed by atoms with Gasteiger partial charge in [0.2, 0.25) is 0 Å². The topological polar surface area (TPSA) is 22.1 Å². The second-order valence-corrected chi connectivity index (χ2v) is 6.95. The molecular weight excluding hydrogens is 362 g/mol. The van der Waals surface area contributed by atoms with Crippen LogP contribution in [0.25, 0.3) is 16.9 Å². The summed E-state index contributed by atoms with van der Waals surface area (Å²) in [6, 6.07) is 12.6. The van der Waals surface area contributed by atoms with Crippen LogP contribution in [0.5, 0.6) is 0 Å². The van der Waals surface area contributed by atoms with Crippen LogP contribution in [-0.4, -0.2) is 11.6 Å². The van der Waals surface area contributed by atoms with Gasteiger partial charge in [0.05, 0.1) is 12.3 Å². The Hall–Kier alpha value is -1.87. The van der Waals surface area contributed by atoms with Crippen molar-refractivity contribution >= 4 is 32.8 Å². The lowest BCUT2D eigenvalue weighted by Crippen LogP contribution is -1.97. The highest BCUT2D eigenvalue weighted by atomic mass is 79.9. The monoisotopic (exact) mass is 383 g/mol. The summed E-state index contributed by atoms with van der Waals surface area (Å²) in [5, 5.41) is 0. The molecule has 0 spiro atoms. The van der Waals surface area contributed by atoms with Gasteiger partial charge in [0.25, 0.3) is 0 Å². The fraction of sp³-hybridized carbons (Fsp3) is 0.286. The van der Waals surface area contributed by atoms with Gasteiger partial charge in [-0.25, -0.2) is 4.98 Å². The highest BCUT2D eigenvalue weighted by molar-refractivity contribution is 9.10. The number of halogens is 1. The fourth-order valence-corrected chi connectivity index (χ4v) is 3.61. The zero-order valence-electron chi connectivity index (χ0n) is 14.2. The maximum absolute atomic E-state index is 5.51. The quantitative estimate of drug-likeness (QED) is 0.568. The van der Waals surface area contributed by atoms with E-state index in [1.54, 1.807) is 0 Å². The third kappa shape index (κ3) is 3.46. The first-order chi connectivity index (χ1) is 11.6. The fourth-order valence-electron chi connectivity index (χ4n) is 3.25. The summed E-state index contributed by atoms with van der Waals surface area (Å²) in [6.45, 7) is 8.72. The number of aryl methyl sites for hydroxylation is 1. The van der Waals surface area contributed by atoms with Crippen molar-refractivity contribution in [2.24, 2.45) is 0 Å². The minimum absolute atomic E-state index is 0.607. The molecule has 0 unspecified atom stereocenters. The first-order valence-corrected chi connectivity index (χ1v) is 9.17. The summed E-state index contributed by atoms with van der Waals surface area (Å²) in [4.78, 5) is 4.81. The minimum Gasteiger partial charge on any atom is -0.492 e. The van der Waals surface area contributed by atoms with E-state index in [2.05, 4.69) is 53.7 Å². The molecule has 0 bridgehead atoms. The number of rotatable bonds is 5. The van der Waals surface area contributed by atoms with Crippen LogP contribution in [0.1, 0.15) is 48.7 Å². The molecule has 0 radical (unpaired) electrons. The molecule has 0 aliphatic heterocycles. The molecule has 3 heteroatoms. The van der Waals surface area contributed by atoms with Crippen LogP contribution in [0.4, 0.5) is 0 Å². The van der Waals surface area contributed by atoms with Crippen LogP contribution in [-0.2, 0) is 4.74 Å². The van der Waals surface area contributed by atoms with E-state index in [4.69, 9.17) is 9.72 Å². The second kappa shape index (κ2) is 7.35. The normalized spacial score (nSPS) is 14.1. The van der Waals surface area contributed by atoms with Crippen molar-refractivity contribution < 1.29 is 4.74 Å². The lowest BCUT2D eigenvalue weighted by molar-refractivity contribution is 0.298. The standard InChI is InChI=1S/C21H22BrNO/c1-4-24-15(3)20-9-6-10-21(23-20)18-8-5-7-17(18)19-13-16(22)12-11-14(19)2/h6,9-13H,3-5,7-8H2,1-2H3. The van der Waals surface area contributed by atoms with Crippen LogP contribution >= 0.6 is 15.9 Å². The van der Waals surface area contributed by atoms with Crippen LogP contribution in [0, 0.1) is 6.92 Å². The largest absolute Gasteiger partial charge is 0.492 e. The van der Waals surface area contributed by atoms with E-state index < -0.39 is 0 Å². The zero-order chi connectivity index (χ0) is 17.1. The number of aromatic nitrogens is 1. The first kappa shape index (κ1) is 17.0. The van der Waals surface area contributed by atoms with Gasteiger partial charge in [-0.05, 0) is 79.6 Å². The Morgan fingerprint density at radius 1 is 1.21 bits per heavy atom. The molecule has 3 rings (SSSR count). The zero-order valence-corrected chi connectivity index (χ0v) is 15.8. The summed E-state index contributed by atoms with van der Waals surface area (Å²) in [5.74, 6) is 0.637. The van der Waals surface area contributed by atoms with Gasteiger partial charge in [0.15, 0.2) is 0 Å². The Kier molecular flexibility index (Phi) is 5.20. The van der Waals surface area contributed by atoms with Crippen LogP contribution < -0.4 is 0 Å². The van der Waals surface area contributed by atoms with Crippen molar-refractivity contribution in [3.63, 3.8) is 0 Å². The molecule has 24 heavy (non-hydrogen) atoms. The Balaban J connectivity index is 2.05. The number of hydrogen-bond donors (Lipinski definition) is 0. The molecule has 2 aromatic rings. The molecule has 1 aliphatic rings. The van der Waals surface area contributed by atoms with Gasteiger partial charge in [-0.1, -0.05) is 34.6 Å². The summed E-state index contributed by atoms with van der Waals surface area (Å²) in [7, 11) is 0. The first-order valence-electron chi connectivity index (χ1n) is 8.38. The Morgan fingerprint density at radius 3 is 2.79 bits per heavy atom. The van der Waals surface area contributed by atoms with E-state index in [-0.39, 0.29) is 0 Å². The SMILES string of the molecule is C=C(OCC)c1cccc(C2=C(c3cc(Br)ccc3C)CCC2)n1. The smallest absolute Gasteiger partial charge is 0.137 e. The van der Waals surface area contributed by atoms with Gasteiger partial charge in [-0.15, -0.1) is 0 Å². The maximum Gasteiger partial charge on any atom is 0.137 e. The van der Waals surface area contributed by atoms with Crippen molar-refractivity contribution in [2.75, 3.05) is 6.61 Å². The minimum atomic E-state index is 0.607. The Labute approximate surface area is 152 Å². The van der Waals surface area contributed by atoms with Gasteiger partial charge < -0.3 is 4.74 Å². The van der Waals surface area contributed by atoms with Gasteiger partial charge >= 0.3 is 0 Å². The molecule has 0 amide bonds. The van der Waals surface area contributed by atoms with Crippen molar-refractivity contribution in [3.05, 3.63) is 70.0 Å². The molecular formula is C21H22BrNO. The van der Waals surface area contributed by atoms with E-state index in [1.807, 2.05) is 19.1 Å². The predicted molar refractivity (Wildman–Crippen MR) is 104 cm³/mol. The van der Waals surface area contributed by atoms with E-state index >= 15 is 0 Å². The molecule has 0 saturated heterocycles. The third-order valence-electron chi connectivity index (χ3n) is 4.41. The molecule has 1 aliphatic carbocycles. The molecule has 0 saturated carbocycles. The van der Waals surface area contributed by atoms with Crippen LogP contribution in [0.3, 0.4) is 0 Å². The summed E-state index contributed by atoms with van der Waals surface area (Å²) >= 11 is 3.60. The van der Waals surface area contributed by atoms with E-state index in [0.717, 1.165) is 28.7 Å². The second-order valence-electron chi connectivity index (χ2n) is 6.03. The summed E-state index contributed by atoms with van der Waals surface area (Å²) in [5.41, 5.74) is 7.26. The Morgan fingerprint density at radius 2 is 2.00 bits per heavy atom. The molecule has 1 aromatic carbocycles. The Bertz CT molecular complexity index is 807. The molecule has 1 aromatic heterocycles. The van der Waals surface area contributed by atoms with Crippen molar-refractivity contribution in [2.45, 2.75) is 33.1 Å². The summed E-state index contributed by atoms with van der Waals surface area (Å²) < 4.78 is 6.63. The number of ether oxygens (including phenoxy) is 1. The van der Waals surface area contributed by atoms with Crippen molar-refractivity contribution in [1.29, 1.82) is 0 Å². The highest BCUT2D eigenvalue weighted by Gasteiger charge is 2.20. The van der Waals surface area contributed by atoms with Crippen LogP contribution in [0.15, 0.2) is 47.4 Å². The number of benzene rings is 1. The highest BCUT2D eigenvalue weighted by Crippen LogP contribution is 2.41. The van der Waals surface area contributed by atoms with Gasteiger partial charge in [0.1, 0.15) is 11.5 Å². The van der Waals surface area contributed by atoms with Gasteiger partial charge in [-0.3, -0.25) is 0 Å². The van der Waals surface area contributed by atoms with E-state index in [1.165, 1.54) is 28.7 Å². The summed E-state index contributed by atoms with van der Waals surface area (Å²) in [6.07, 6.45) is 3.35.